The third-order valence-electron chi connectivity index (χ3n) is 27.6. The van der Waals surface area contributed by atoms with E-state index in [1.54, 1.807) is 0 Å². The van der Waals surface area contributed by atoms with Crippen molar-refractivity contribution in [3.05, 3.63) is 0 Å². The minimum atomic E-state index is -0.306. The van der Waals surface area contributed by atoms with Gasteiger partial charge in [0.05, 0.1) is 32.5 Å². The summed E-state index contributed by atoms with van der Waals surface area (Å²) in [7, 11) is 0. The zero-order valence-corrected chi connectivity index (χ0v) is 70.0. The minimum absolute atomic E-state index is 0. The van der Waals surface area contributed by atoms with Gasteiger partial charge in [-0.1, -0.05) is 144 Å². The molecular formula is C87H164O12. The summed E-state index contributed by atoms with van der Waals surface area (Å²) in [6.07, 6.45) is 43.0. The number of carbonyl (C=O) groups excluding carboxylic acids is 6. The lowest BCUT2D eigenvalue weighted by Crippen LogP contribution is -2.45. The second-order valence-electron chi connectivity index (χ2n) is 34.7. The molecule has 0 atom stereocenters. The molecule has 12 heteroatoms. The molecule has 0 amide bonds. The van der Waals surface area contributed by atoms with Gasteiger partial charge in [0.2, 0.25) is 0 Å². The van der Waals surface area contributed by atoms with E-state index in [9.17, 15) is 28.8 Å². The molecule has 0 aromatic heterocycles. The predicted octanol–water partition coefficient (Wildman–Crippen LogP) is 25.6. The van der Waals surface area contributed by atoms with E-state index in [2.05, 4.69) is 138 Å². The number of hydrogen-bond donors (Lipinski definition) is 0. The van der Waals surface area contributed by atoms with Crippen LogP contribution in [0, 0.1) is 44.3 Å². The minimum Gasteiger partial charge on any atom is -0.459 e. The molecule has 0 aliphatic heterocycles. The first-order chi connectivity index (χ1) is 46.2. The Morgan fingerprint density at radius 2 is 0.424 bits per heavy atom. The van der Waals surface area contributed by atoms with E-state index < -0.39 is 0 Å². The Labute approximate surface area is 612 Å². The van der Waals surface area contributed by atoms with Crippen LogP contribution >= 0.6 is 0 Å². The average Bonchev–Trinajstić information content (AvgIpc) is 1.20. The average molecular weight is 1400 g/mol. The lowest BCUT2D eigenvalue weighted by molar-refractivity contribution is -0.182. The molecule has 0 unspecified atom stereocenters. The van der Waals surface area contributed by atoms with Gasteiger partial charge in [0.1, 0.15) is 33.6 Å². The Morgan fingerprint density at radius 3 is 0.626 bits per heavy atom. The van der Waals surface area contributed by atoms with Crippen LogP contribution in [0.2, 0.25) is 0 Å². The zero-order chi connectivity index (χ0) is 75.9. The topological polar surface area (TPSA) is 158 Å². The third-order valence-corrected chi connectivity index (χ3v) is 27.6. The molecule has 6 aliphatic rings. The third kappa shape index (κ3) is 27.0. The van der Waals surface area contributed by atoms with E-state index in [0.29, 0.717) is 11.8 Å². The van der Waals surface area contributed by atoms with E-state index in [4.69, 9.17) is 28.4 Å². The van der Waals surface area contributed by atoms with Crippen LogP contribution in [0.4, 0.5) is 0 Å². The highest BCUT2D eigenvalue weighted by Gasteiger charge is 2.47. The maximum Gasteiger partial charge on any atom is 0.312 e. The van der Waals surface area contributed by atoms with Crippen molar-refractivity contribution in [2.24, 2.45) is 44.3 Å². The summed E-state index contributed by atoms with van der Waals surface area (Å²) in [5.74, 6) is 0.902. The largest absolute Gasteiger partial charge is 0.459 e. The molecule has 12 nitrogen and oxygen atoms in total. The van der Waals surface area contributed by atoms with E-state index in [0.717, 1.165) is 167 Å². The fraction of sp³-hybridized carbons (Fsp3) is 0.931. The van der Waals surface area contributed by atoms with Crippen molar-refractivity contribution in [1.29, 1.82) is 0 Å². The normalized spacial score (nSPS) is 20.0. The number of carbonyl (C=O) groups is 6. The second kappa shape index (κ2) is 42.7. The van der Waals surface area contributed by atoms with Crippen molar-refractivity contribution < 1.29 is 58.6 Å². The first-order valence-electron chi connectivity index (χ1n) is 41.7. The van der Waals surface area contributed by atoms with Crippen molar-refractivity contribution in [1.82, 2.24) is 0 Å². The molecule has 0 saturated heterocycles. The summed E-state index contributed by atoms with van der Waals surface area (Å²) >= 11 is 0. The van der Waals surface area contributed by atoms with Crippen LogP contribution in [0.5, 0.6) is 0 Å². The van der Waals surface area contributed by atoms with Crippen LogP contribution in [-0.4, -0.2) is 69.4 Å². The van der Waals surface area contributed by atoms with E-state index in [1.807, 2.05) is 41.5 Å². The van der Waals surface area contributed by atoms with Crippen LogP contribution in [0.3, 0.4) is 0 Å². The SMILES string of the molecule is CCC(C)(CC)C(=O)OC1(C(C)C)CCCC1.CCC(C)(CC)C(=O)OC1(C(C)C)CCCCC1.CCC(C)(CC)C(=O)OC1(C)CCCC1.CCC(C)(CC)C(=O)OC1(C)CCCCC1.CCC1(OC(=O)C(C)(CC)CC)CCCC1.CCC1(OC(=O)C(C)(CC)CC)CCCCC1.[HH]. The number of rotatable bonds is 28. The molecule has 0 aromatic carbocycles. The van der Waals surface area contributed by atoms with Crippen LogP contribution in [0.1, 0.15) is 445 Å². The molecule has 0 N–H and O–H groups in total. The van der Waals surface area contributed by atoms with Gasteiger partial charge >= 0.3 is 35.8 Å². The number of ether oxygens (including phenoxy) is 6. The Hall–Kier alpha value is -3.18. The van der Waals surface area contributed by atoms with Crippen LogP contribution in [0.25, 0.3) is 0 Å². The monoisotopic (exact) mass is 1400 g/mol. The van der Waals surface area contributed by atoms with Crippen molar-refractivity contribution in [3.8, 4) is 0 Å². The number of hydrogen-bond acceptors (Lipinski definition) is 12. The van der Waals surface area contributed by atoms with E-state index in [1.165, 1.54) is 96.3 Å². The molecule has 0 heterocycles. The predicted molar refractivity (Wildman–Crippen MR) is 413 cm³/mol. The molecule has 584 valence electrons. The van der Waals surface area contributed by atoms with Gasteiger partial charge in [-0.15, -0.1) is 0 Å². The Morgan fingerprint density at radius 1 is 0.263 bits per heavy atom. The zero-order valence-electron chi connectivity index (χ0n) is 70.0. The molecule has 6 rings (SSSR count). The second-order valence-corrected chi connectivity index (χ2v) is 34.7. The smallest absolute Gasteiger partial charge is 0.312 e. The summed E-state index contributed by atoms with van der Waals surface area (Å²) < 4.78 is 35.3. The van der Waals surface area contributed by atoms with E-state index in [-0.39, 0.29) is 103 Å². The molecule has 6 fully saturated rings. The van der Waals surface area contributed by atoms with Gasteiger partial charge in [-0.3, -0.25) is 28.8 Å². The summed E-state index contributed by atoms with van der Waals surface area (Å²) in [6.45, 7) is 54.1. The highest BCUT2D eigenvalue weighted by atomic mass is 16.6. The van der Waals surface area contributed by atoms with Gasteiger partial charge in [0.25, 0.3) is 0 Å². The molecule has 0 spiro atoms. The molecule has 0 radical (unpaired) electrons. The highest BCUT2D eigenvalue weighted by molar-refractivity contribution is 5.79. The lowest BCUT2D eigenvalue weighted by Gasteiger charge is -2.42. The van der Waals surface area contributed by atoms with Crippen LogP contribution in [0.15, 0.2) is 0 Å². The van der Waals surface area contributed by atoms with Gasteiger partial charge in [-0.25, -0.2) is 0 Å². The molecule has 99 heavy (non-hydrogen) atoms. The summed E-state index contributed by atoms with van der Waals surface area (Å²) in [6, 6.07) is 0. The van der Waals surface area contributed by atoms with Crippen molar-refractivity contribution in [2.45, 2.75) is 477 Å². The van der Waals surface area contributed by atoms with Gasteiger partial charge in [-0.2, -0.15) is 0 Å². The quantitative estimate of drug-likeness (QED) is 0.0540. The summed E-state index contributed by atoms with van der Waals surface area (Å²) in [5.41, 5.74) is -2.79. The standard InChI is InChI=1S/C16H30O2.2C15H28O2.2C14H26O2.C13H24O2.H2/c1-6-15(5,7-2)14(17)18-16(13(3)4)11-9-8-10-12-16;1-6-14(5,7-2)13(16)17-15(12(3)4)10-8-9-11-15;1-5-14(4,6-2)13(16)17-15(7-3)11-9-8-10-12-15;1-5-13(3,6-2)12(15)16-14(4)10-8-7-9-11-14;1-5-13(4,6-2)12(15)16-14(7-3)10-8-9-11-14;1-5-12(3,6-2)11(14)15-13(4)9-7-8-10-13;/h13H,6-12H2,1-5H3;12H,6-11H2,1-5H3;5-12H2,1-4H3;2*5-11H2,1-4H3;5-10H2,1-4H3;1H. The maximum absolute atomic E-state index is 12.5. The summed E-state index contributed by atoms with van der Waals surface area (Å²) in [4.78, 5) is 73.7. The van der Waals surface area contributed by atoms with Crippen LogP contribution < -0.4 is 0 Å². The summed E-state index contributed by atoms with van der Waals surface area (Å²) in [5, 5.41) is 0. The van der Waals surface area contributed by atoms with Crippen molar-refractivity contribution in [2.75, 3.05) is 0 Å². The van der Waals surface area contributed by atoms with Crippen molar-refractivity contribution >= 4 is 35.8 Å². The lowest BCUT2D eigenvalue weighted by atomic mass is 9.76. The van der Waals surface area contributed by atoms with Crippen LogP contribution in [-0.2, 0) is 57.2 Å². The molecule has 0 aromatic rings. The molecule has 0 bridgehead atoms. The Bertz CT molecular complexity index is 2310. The Kier molecular flexibility index (Phi) is 40.5. The maximum atomic E-state index is 12.5. The van der Waals surface area contributed by atoms with E-state index >= 15 is 0 Å². The molecule has 6 aliphatic carbocycles. The molecule has 6 saturated carbocycles. The number of esters is 6. The van der Waals surface area contributed by atoms with Gasteiger partial charge in [0, 0.05) is 1.43 Å². The fourth-order valence-electron chi connectivity index (χ4n) is 14.8. The van der Waals surface area contributed by atoms with Gasteiger partial charge < -0.3 is 28.4 Å². The first kappa shape index (κ1) is 93.8. The highest BCUT2D eigenvalue weighted by Crippen LogP contribution is 2.46. The Balaban J connectivity index is 0.00000117. The molecular weight excluding hydrogens is 1240 g/mol. The fourth-order valence-corrected chi connectivity index (χ4v) is 14.8. The van der Waals surface area contributed by atoms with Crippen molar-refractivity contribution in [3.63, 3.8) is 0 Å². The van der Waals surface area contributed by atoms with Gasteiger partial charge in [-0.05, 0) is 311 Å². The first-order valence-corrected chi connectivity index (χ1v) is 41.7. The van der Waals surface area contributed by atoms with Gasteiger partial charge in [0.15, 0.2) is 0 Å².